The molecular weight excluding hydrogens is 422 g/mol. The number of morpholine rings is 1. The van der Waals surface area contributed by atoms with Crippen LogP contribution in [0.15, 0.2) is 30.6 Å². The molecule has 1 aliphatic heterocycles. The summed E-state index contributed by atoms with van der Waals surface area (Å²) in [5.41, 5.74) is 13.6. The second kappa shape index (κ2) is 8.28. The van der Waals surface area contributed by atoms with Crippen molar-refractivity contribution in [2.75, 3.05) is 53.6 Å². The zero-order chi connectivity index (χ0) is 22.0. The molecule has 0 amide bonds. The molecular formula is C18H21N9O3S. The van der Waals surface area contributed by atoms with Crippen LogP contribution in [-0.4, -0.2) is 65.9 Å². The Morgan fingerprint density at radius 2 is 1.77 bits per heavy atom. The molecule has 4 heterocycles. The van der Waals surface area contributed by atoms with Crippen LogP contribution in [0.2, 0.25) is 0 Å². The Kier molecular flexibility index (Phi) is 5.52. The van der Waals surface area contributed by atoms with Crippen molar-refractivity contribution in [2.24, 2.45) is 0 Å². The molecule has 1 aliphatic rings. The zero-order valence-corrected chi connectivity index (χ0v) is 17.5. The molecule has 3 aromatic rings. The molecule has 1 saturated heterocycles. The van der Waals surface area contributed by atoms with E-state index in [1.165, 1.54) is 12.4 Å². The molecule has 162 valence electrons. The molecule has 0 spiro atoms. The van der Waals surface area contributed by atoms with Crippen molar-refractivity contribution in [2.45, 2.75) is 0 Å². The number of aromatic nitrogens is 5. The van der Waals surface area contributed by atoms with Gasteiger partial charge in [0.15, 0.2) is 0 Å². The van der Waals surface area contributed by atoms with Gasteiger partial charge >= 0.3 is 0 Å². The van der Waals surface area contributed by atoms with E-state index in [0.29, 0.717) is 54.8 Å². The van der Waals surface area contributed by atoms with Crippen LogP contribution >= 0.6 is 0 Å². The van der Waals surface area contributed by atoms with Crippen molar-refractivity contribution in [1.82, 2.24) is 24.9 Å². The Labute approximate surface area is 178 Å². The first-order chi connectivity index (χ1) is 14.8. The number of hydrogen-bond acceptors (Lipinski definition) is 11. The minimum atomic E-state index is -3.55. The standard InChI is InChI=1S/C18H21N9O3S/c1-31(28,29)26-16-11(3-2-4-21-16)13-9-14(12-10-22-17(20)25-15(12)19)24-18(23-13)27-5-7-30-8-6-27/h2-4,9-10H,5-8H2,1H3,(H,21,26)(H4,19,20,22,25). The third-order valence-electron chi connectivity index (χ3n) is 4.49. The van der Waals surface area contributed by atoms with Crippen LogP contribution in [0.25, 0.3) is 22.5 Å². The number of sulfonamides is 1. The molecule has 31 heavy (non-hydrogen) atoms. The first kappa shape index (κ1) is 20.7. The SMILES string of the molecule is CS(=O)(=O)Nc1ncccc1-c1cc(-c2cnc(N)nc2N)nc(N2CCOCC2)n1. The summed E-state index contributed by atoms with van der Waals surface area (Å²) in [7, 11) is -3.55. The molecule has 12 nitrogen and oxygen atoms in total. The Hall–Kier alpha value is -3.58. The Balaban J connectivity index is 1.88. The van der Waals surface area contributed by atoms with Gasteiger partial charge in [0, 0.05) is 31.0 Å². The van der Waals surface area contributed by atoms with Gasteiger partial charge in [-0.05, 0) is 18.2 Å². The van der Waals surface area contributed by atoms with Gasteiger partial charge < -0.3 is 21.1 Å². The van der Waals surface area contributed by atoms with E-state index in [4.69, 9.17) is 16.2 Å². The predicted octanol–water partition coefficient (Wildman–Crippen LogP) is 0.368. The van der Waals surface area contributed by atoms with E-state index >= 15 is 0 Å². The number of nitrogen functional groups attached to an aromatic ring is 2. The molecule has 5 N–H and O–H groups in total. The second-order valence-electron chi connectivity index (χ2n) is 6.84. The van der Waals surface area contributed by atoms with Crippen molar-refractivity contribution < 1.29 is 13.2 Å². The largest absolute Gasteiger partial charge is 0.383 e. The molecule has 0 atom stereocenters. The number of ether oxygens (including phenoxy) is 1. The molecule has 4 rings (SSSR count). The maximum Gasteiger partial charge on any atom is 0.230 e. The van der Waals surface area contributed by atoms with Crippen LogP contribution in [0.3, 0.4) is 0 Å². The van der Waals surface area contributed by atoms with Crippen LogP contribution in [0, 0.1) is 0 Å². The first-order valence-corrected chi connectivity index (χ1v) is 11.2. The van der Waals surface area contributed by atoms with Crippen molar-refractivity contribution in [3.05, 3.63) is 30.6 Å². The Morgan fingerprint density at radius 1 is 1.06 bits per heavy atom. The molecule has 0 radical (unpaired) electrons. The number of rotatable bonds is 5. The summed E-state index contributed by atoms with van der Waals surface area (Å²) in [5.74, 6) is 0.826. The molecule has 0 aromatic carbocycles. The Bertz CT molecular complexity index is 1210. The highest BCUT2D eigenvalue weighted by Crippen LogP contribution is 2.31. The number of nitrogens with zero attached hydrogens (tertiary/aromatic N) is 6. The van der Waals surface area contributed by atoms with E-state index < -0.39 is 10.0 Å². The summed E-state index contributed by atoms with van der Waals surface area (Å²) in [6.07, 6.45) is 4.04. The van der Waals surface area contributed by atoms with Gasteiger partial charge in [-0.15, -0.1) is 0 Å². The lowest BCUT2D eigenvalue weighted by molar-refractivity contribution is 0.122. The summed E-state index contributed by atoms with van der Waals surface area (Å²) in [5, 5.41) is 0. The number of pyridine rings is 1. The summed E-state index contributed by atoms with van der Waals surface area (Å²) < 4.78 is 31.5. The average Bonchev–Trinajstić information content (AvgIpc) is 2.73. The topological polar surface area (TPSA) is 175 Å². The van der Waals surface area contributed by atoms with Gasteiger partial charge in [0.25, 0.3) is 0 Å². The smallest absolute Gasteiger partial charge is 0.230 e. The molecule has 0 aliphatic carbocycles. The third kappa shape index (κ3) is 4.78. The molecule has 13 heteroatoms. The highest BCUT2D eigenvalue weighted by molar-refractivity contribution is 7.92. The normalized spacial score (nSPS) is 14.4. The predicted molar refractivity (Wildman–Crippen MR) is 117 cm³/mol. The van der Waals surface area contributed by atoms with Crippen LogP contribution in [0.5, 0.6) is 0 Å². The van der Waals surface area contributed by atoms with Crippen molar-refractivity contribution in [3.8, 4) is 22.5 Å². The summed E-state index contributed by atoms with van der Waals surface area (Å²) in [6.45, 7) is 2.31. The summed E-state index contributed by atoms with van der Waals surface area (Å²) in [6, 6.07) is 5.10. The van der Waals surface area contributed by atoms with E-state index in [1.807, 2.05) is 4.90 Å². The fraction of sp³-hybridized carbons (Fsp3) is 0.278. The number of nitrogens with one attached hydrogen (secondary N) is 1. The monoisotopic (exact) mass is 443 g/mol. The fourth-order valence-electron chi connectivity index (χ4n) is 3.09. The maximum atomic E-state index is 11.8. The van der Waals surface area contributed by atoms with E-state index in [9.17, 15) is 8.42 Å². The second-order valence-corrected chi connectivity index (χ2v) is 8.59. The highest BCUT2D eigenvalue weighted by atomic mass is 32.2. The van der Waals surface area contributed by atoms with Crippen molar-refractivity contribution >= 4 is 33.6 Å². The van der Waals surface area contributed by atoms with Crippen LogP contribution in [-0.2, 0) is 14.8 Å². The van der Waals surface area contributed by atoms with E-state index in [-0.39, 0.29) is 17.6 Å². The Morgan fingerprint density at radius 3 is 2.45 bits per heavy atom. The van der Waals surface area contributed by atoms with Gasteiger partial charge in [0.2, 0.25) is 21.9 Å². The van der Waals surface area contributed by atoms with Gasteiger partial charge in [-0.1, -0.05) is 0 Å². The van der Waals surface area contributed by atoms with Crippen LogP contribution in [0.1, 0.15) is 0 Å². The average molecular weight is 443 g/mol. The van der Waals surface area contributed by atoms with E-state index in [2.05, 4.69) is 29.6 Å². The quantitative estimate of drug-likeness (QED) is 0.496. The zero-order valence-electron chi connectivity index (χ0n) is 16.7. The van der Waals surface area contributed by atoms with Gasteiger partial charge in [-0.25, -0.2) is 28.4 Å². The minimum Gasteiger partial charge on any atom is -0.383 e. The number of nitrogens with two attached hydrogens (primary N) is 2. The van der Waals surface area contributed by atoms with Gasteiger partial charge in [-0.3, -0.25) is 4.72 Å². The van der Waals surface area contributed by atoms with Crippen molar-refractivity contribution in [1.29, 1.82) is 0 Å². The third-order valence-corrected chi connectivity index (χ3v) is 5.05. The molecule has 0 bridgehead atoms. The molecule has 3 aromatic heterocycles. The summed E-state index contributed by atoms with van der Waals surface area (Å²) in [4.78, 5) is 23.5. The highest BCUT2D eigenvalue weighted by Gasteiger charge is 2.20. The molecule has 1 fully saturated rings. The first-order valence-electron chi connectivity index (χ1n) is 9.33. The van der Waals surface area contributed by atoms with E-state index in [1.54, 1.807) is 18.2 Å². The molecule has 0 saturated carbocycles. The van der Waals surface area contributed by atoms with Gasteiger partial charge in [0.05, 0.1) is 36.4 Å². The maximum absolute atomic E-state index is 11.8. The van der Waals surface area contributed by atoms with Crippen LogP contribution < -0.4 is 21.1 Å². The number of hydrogen-bond donors (Lipinski definition) is 3. The van der Waals surface area contributed by atoms with Crippen molar-refractivity contribution in [3.63, 3.8) is 0 Å². The lowest BCUT2D eigenvalue weighted by Gasteiger charge is -2.27. The number of anilines is 4. The fourth-order valence-corrected chi connectivity index (χ4v) is 3.60. The lowest BCUT2D eigenvalue weighted by Crippen LogP contribution is -2.37. The molecule has 0 unspecified atom stereocenters. The van der Waals surface area contributed by atoms with Gasteiger partial charge in [0.1, 0.15) is 11.6 Å². The van der Waals surface area contributed by atoms with Gasteiger partial charge in [-0.2, -0.15) is 4.98 Å². The van der Waals surface area contributed by atoms with E-state index in [0.717, 1.165) is 6.26 Å². The lowest BCUT2D eigenvalue weighted by atomic mass is 10.1. The summed E-state index contributed by atoms with van der Waals surface area (Å²) >= 11 is 0. The van der Waals surface area contributed by atoms with Crippen LogP contribution in [0.4, 0.5) is 23.5 Å². The minimum absolute atomic E-state index is 0.0517.